The minimum absolute atomic E-state index is 0.130. The van der Waals surface area contributed by atoms with Gasteiger partial charge in [-0.25, -0.2) is 0 Å². The summed E-state index contributed by atoms with van der Waals surface area (Å²) in [6, 6.07) is 13.8. The Balaban J connectivity index is 1.51. The fourth-order valence-corrected chi connectivity index (χ4v) is 3.97. The normalized spacial score (nSPS) is 12.1. The minimum Gasteiger partial charge on any atom is -0.495 e. The zero-order chi connectivity index (χ0) is 19.7. The summed E-state index contributed by atoms with van der Waals surface area (Å²) in [5.74, 6) is 0.783. The number of carbonyl (C=O) groups excluding carboxylic acids is 1. The number of halogens is 1. The number of ether oxygens (including phenoxy) is 2. The largest absolute Gasteiger partial charge is 0.495 e. The molecule has 0 aliphatic heterocycles. The lowest BCUT2D eigenvalue weighted by molar-refractivity contribution is -0.114. The summed E-state index contributed by atoms with van der Waals surface area (Å²) in [4.78, 5) is 12.5. The second-order valence-corrected chi connectivity index (χ2v) is 7.11. The number of amides is 1. The van der Waals surface area contributed by atoms with Crippen LogP contribution in [-0.2, 0) is 17.6 Å². The number of hydrogen-bond donors (Lipinski definition) is 2. The third kappa shape index (κ3) is 3.34. The molecule has 0 saturated heterocycles. The Morgan fingerprint density at radius 3 is 2.50 bits per heavy atom. The topological polar surface area (TPSA) is 59.6 Å². The Hall–Kier alpha value is -2.92. The third-order valence-electron chi connectivity index (χ3n) is 5.06. The van der Waals surface area contributed by atoms with Crippen LogP contribution in [0.3, 0.4) is 0 Å². The van der Waals surface area contributed by atoms with Gasteiger partial charge in [0.15, 0.2) is 0 Å². The van der Waals surface area contributed by atoms with Crippen LogP contribution in [0.1, 0.15) is 11.1 Å². The summed E-state index contributed by atoms with van der Waals surface area (Å²) in [6.45, 7) is 0.130. The van der Waals surface area contributed by atoms with Crippen LogP contribution in [0.25, 0.3) is 10.8 Å². The van der Waals surface area contributed by atoms with Gasteiger partial charge in [0.05, 0.1) is 31.5 Å². The summed E-state index contributed by atoms with van der Waals surface area (Å²) < 4.78 is 10.5. The number of hydrogen-bond acceptors (Lipinski definition) is 4. The van der Waals surface area contributed by atoms with Crippen molar-refractivity contribution in [3.63, 3.8) is 0 Å². The molecule has 4 rings (SSSR count). The van der Waals surface area contributed by atoms with E-state index >= 15 is 0 Å². The molecule has 1 aliphatic carbocycles. The van der Waals surface area contributed by atoms with Gasteiger partial charge in [-0.1, -0.05) is 35.9 Å². The molecule has 0 atom stereocenters. The molecule has 144 valence electrons. The molecule has 1 amide bonds. The van der Waals surface area contributed by atoms with Crippen molar-refractivity contribution in [3.8, 4) is 11.5 Å². The molecular weight excluding hydrogens is 376 g/mol. The molecule has 0 aromatic heterocycles. The Bertz CT molecular complexity index is 1060. The second-order valence-electron chi connectivity index (χ2n) is 6.70. The van der Waals surface area contributed by atoms with Gasteiger partial charge >= 0.3 is 0 Å². The number of aryl methyl sites for hydroxylation is 2. The molecule has 0 radical (unpaired) electrons. The van der Waals surface area contributed by atoms with Crippen LogP contribution < -0.4 is 20.1 Å². The van der Waals surface area contributed by atoms with Crippen molar-refractivity contribution in [2.75, 3.05) is 31.4 Å². The number of nitrogens with one attached hydrogen (secondary N) is 2. The molecule has 5 nitrogen and oxygen atoms in total. The van der Waals surface area contributed by atoms with Crippen molar-refractivity contribution < 1.29 is 14.3 Å². The Kier molecular flexibility index (Phi) is 5.01. The highest BCUT2D eigenvalue weighted by Crippen LogP contribution is 2.36. The van der Waals surface area contributed by atoms with E-state index in [9.17, 15) is 4.79 Å². The summed E-state index contributed by atoms with van der Waals surface area (Å²) >= 11 is 6.17. The van der Waals surface area contributed by atoms with Crippen LogP contribution in [-0.4, -0.2) is 26.7 Å². The van der Waals surface area contributed by atoms with Crippen LogP contribution in [0.2, 0.25) is 5.02 Å². The van der Waals surface area contributed by atoms with E-state index in [-0.39, 0.29) is 12.5 Å². The molecular formula is C22H21ClN2O3. The third-order valence-corrected chi connectivity index (χ3v) is 5.36. The monoisotopic (exact) mass is 396 g/mol. The predicted octanol–water partition coefficient (Wildman–Crippen LogP) is 4.66. The van der Waals surface area contributed by atoms with Crippen molar-refractivity contribution in [1.29, 1.82) is 0 Å². The van der Waals surface area contributed by atoms with Gasteiger partial charge in [0.2, 0.25) is 5.91 Å². The van der Waals surface area contributed by atoms with E-state index in [2.05, 4.69) is 34.9 Å². The van der Waals surface area contributed by atoms with Crippen LogP contribution >= 0.6 is 11.6 Å². The lowest BCUT2D eigenvalue weighted by Gasteiger charge is -2.14. The first-order valence-electron chi connectivity index (χ1n) is 9.09. The Morgan fingerprint density at radius 1 is 1.00 bits per heavy atom. The van der Waals surface area contributed by atoms with Crippen molar-refractivity contribution >= 4 is 39.7 Å². The van der Waals surface area contributed by atoms with Gasteiger partial charge in [0, 0.05) is 17.1 Å². The highest BCUT2D eigenvalue weighted by molar-refractivity contribution is 6.32. The first kappa shape index (κ1) is 18.4. The molecule has 0 unspecified atom stereocenters. The number of carbonyl (C=O) groups is 1. The van der Waals surface area contributed by atoms with Gasteiger partial charge in [-0.15, -0.1) is 0 Å². The van der Waals surface area contributed by atoms with Crippen LogP contribution in [0, 0.1) is 0 Å². The molecule has 0 saturated carbocycles. The lowest BCUT2D eigenvalue weighted by atomic mass is 10.0. The molecule has 6 heteroatoms. The fraction of sp³-hybridized carbons (Fsp3) is 0.227. The van der Waals surface area contributed by atoms with Crippen LogP contribution in [0.5, 0.6) is 11.5 Å². The summed E-state index contributed by atoms with van der Waals surface area (Å²) in [7, 11) is 3.06. The Labute approximate surface area is 168 Å². The molecule has 3 aromatic carbocycles. The first-order chi connectivity index (χ1) is 13.6. The minimum atomic E-state index is -0.192. The maximum atomic E-state index is 12.5. The molecule has 0 fully saturated rings. The van der Waals surface area contributed by atoms with Gasteiger partial charge in [0.25, 0.3) is 0 Å². The van der Waals surface area contributed by atoms with Crippen LogP contribution in [0.15, 0.2) is 42.5 Å². The van der Waals surface area contributed by atoms with Crippen molar-refractivity contribution in [1.82, 2.24) is 0 Å². The van der Waals surface area contributed by atoms with E-state index in [1.54, 1.807) is 12.1 Å². The highest BCUT2D eigenvalue weighted by atomic mass is 35.5. The van der Waals surface area contributed by atoms with Crippen LogP contribution in [0.4, 0.5) is 11.4 Å². The van der Waals surface area contributed by atoms with E-state index in [0.29, 0.717) is 22.2 Å². The van der Waals surface area contributed by atoms with Crippen molar-refractivity contribution in [3.05, 3.63) is 58.6 Å². The Morgan fingerprint density at radius 2 is 1.75 bits per heavy atom. The van der Waals surface area contributed by atoms with Gasteiger partial charge in [-0.05, 0) is 41.5 Å². The zero-order valence-electron chi connectivity index (χ0n) is 15.8. The number of rotatable bonds is 6. The zero-order valence-corrected chi connectivity index (χ0v) is 16.5. The van der Waals surface area contributed by atoms with Crippen molar-refractivity contribution in [2.45, 2.75) is 12.8 Å². The fourth-order valence-electron chi connectivity index (χ4n) is 3.73. The van der Waals surface area contributed by atoms with Gasteiger partial charge < -0.3 is 20.1 Å². The van der Waals surface area contributed by atoms with Gasteiger partial charge in [0.1, 0.15) is 11.5 Å². The predicted molar refractivity (Wildman–Crippen MR) is 113 cm³/mol. The van der Waals surface area contributed by atoms with E-state index in [4.69, 9.17) is 21.1 Å². The summed E-state index contributed by atoms with van der Waals surface area (Å²) in [5.41, 5.74) is 4.20. The molecule has 0 bridgehead atoms. The quantitative estimate of drug-likeness (QED) is 0.636. The lowest BCUT2D eigenvalue weighted by Crippen LogP contribution is -2.22. The molecule has 2 N–H and O–H groups in total. The van der Waals surface area contributed by atoms with Gasteiger partial charge in [-0.3, -0.25) is 4.79 Å². The maximum Gasteiger partial charge on any atom is 0.243 e. The standard InChI is InChI=1S/C22H21ClN2O3/c1-27-19-11-20(28-2)18(10-16(19)23)25-21(26)12-24-17-9-8-14-7-6-13-4-3-5-15(17)22(13)14/h3-5,8-11,24H,6-7,12H2,1-2H3,(H,25,26). The van der Waals surface area contributed by atoms with E-state index in [0.717, 1.165) is 23.9 Å². The number of methoxy groups -OCH3 is 2. The molecule has 0 heterocycles. The van der Waals surface area contributed by atoms with Gasteiger partial charge in [-0.2, -0.15) is 0 Å². The van der Waals surface area contributed by atoms with E-state index in [1.807, 2.05) is 6.07 Å². The van der Waals surface area contributed by atoms with E-state index < -0.39 is 0 Å². The van der Waals surface area contributed by atoms with Crippen molar-refractivity contribution in [2.24, 2.45) is 0 Å². The highest BCUT2D eigenvalue weighted by Gasteiger charge is 2.16. The average Bonchev–Trinajstić information content (AvgIpc) is 3.12. The first-order valence-corrected chi connectivity index (χ1v) is 9.47. The SMILES string of the molecule is COc1cc(OC)c(NC(=O)CNc2ccc3c4c(cccc24)CC3)cc1Cl. The smallest absolute Gasteiger partial charge is 0.243 e. The molecule has 1 aliphatic rings. The number of benzene rings is 3. The summed E-state index contributed by atoms with van der Waals surface area (Å²) in [6.07, 6.45) is 2.16. The number of anilines is 2. The average molecular weight is 397 g/mol. The van der Waals surface area contributed by atoms with E-state index in [1.165, 1.54) is 30.7 Å². The molecule has 0 spiro atoms. The second kappa shape index (κ2) is 7.60. The molecule has 28 heavy (non-hydrogen) atoms. The molecule has 3 aromatic rings. The summed E-state index contributed by atoms with van der Waals surface area (Å²) in [5, 5.41) is 8.97. The maximum absolute atomic E-state index is 12.5.